The molecule has 6 nitrogen and oxygen atoms in total. The maximum atomic E-state index is 9.55. The molecule has 0 saturated heterocycles. The van der Waals surface area contributed by atoms with Gasteiger partial charge in [-0.25, -0.2) is 4.98 Å². The Morgan fingerprint density at radius 3 is 2.69 bits per heavy atom. The second-order valence-corrected chi connectivity index (χ2v) is 8.53. The third kappa shape index (κ3) is 6.21. The number of ether oxygens (including phenoxy) is 2. The lowest BCUT2D eigenvalue weighted by atomic mass is 10.1. The van der Waals surface area contributed by atoms with Gasteiger partial charge in [0, 0.05) is 44.0 Å². The number of rotatable bonds is 8. The van der Waals surface area contributed by atoms with Crippen molar-refractivity contribution in [2.24, 2.45) is 5.10 Å². The van der Waals surface area contributed by atoms with Gasteiger partial charge in [-0.1, -0.05) is 45.2 Å². The van der Waals surface area contributed by atoms with E-state index in [0.717, 1.165) is 26.9 Å². The van der Waals surface area contributed by atoms with E-state index in [2.05, 4.69) is 37.5 Å². The molecule has 2 aromatic carbocycles. The van der Waals surface area contributed by atoms with Crippen molar-refractivity contribution in [1.82, 2.24) is 4.98 Å². The van der Waals surface area contributed by atoms with Gasteiger partial charge in [0.25, 0.3) is 0 Å². The fourth-order valence-electron chi connectivity index (χ4n) is 2.92. The average Bonchev–Trinajstić information content (AvgIpc) is 2.74. The van der Waals surface area contributed by atoms with Crippen LogP contribution in [-0.2, 0) is 18.0 Å². The van der Waals surface area contributed by atoms with Crippen LogP contribution in [0.25, 0.3) is 0 Å². The maximum Gasteiger partial charge on any atom is 0.164 e. The second-order valence-electron chi connectivity index (χ2n) is 6.77. The Morgan fingerprint density at radius 1 is 1.16 bits per heavy atom. The van der Waals surface area contributed by atoms with E-state index in [1.807, 2.05) is 37.3 Å². The first-order valence-electron chi connectivity index (χ1n) is 9.46. The van der Waals surface area contributed by atoms with E-state index >= 15 is 0 Å². The molecule has 0 spiro atoms. The molecule has 0 unspecified atom stereocenters. The highest BCUT2D eigenvalue weighted by atomic mass is 79.9. The van der Waals surface area contributed by atoms with E-state index in [9.17, 15) is 5.26 Å². The quantitative estimate of drug-likeness (QED) is 0.264. The molecule has 0 aliphatic heterocycles. The topological polar surface area (TPSA) is 79.5 Å². The molecule has 0 bridgehead atoms. The number of nitrogens with one attached hydrogen (secondary N) is 1. The Bertz CT molecular complexity index is 1200. The summed E-state index contributed by atoms with van der Waals surface area (Å²) in [5.74, 6) is 0.976. The Labute approximate surface area is 204 Å². The summed E-state index contributed by atoms with van der Waals surface area (Å²) in [6, 6.07) is 14.8. The first kappa shape index (κ1) is 24.0. The normalized spacial score (nSPS) is 10.9. The third-order valence-corrected chi connectivity index (χ3v) is 5.47. The van der Waals surface area contributed by atoms with Crippen molar-refractivity contribution in [3.8, 4) is 11.8 Å². The predicted octanol–water partition coefficient (Wildman–Crippen LogP) is 6.50. The third-order valence-electron chi connectivity index (χ3n) is 4.39. The smallest absolute Gasteiger partial charge is 0.164 e. The number of aromatic nitrogens is 1. The van der Waals surface area contributed by atoms with E-state index in [-0.39, 0.29) is 6.61 Å². The van der Waals surface area contributed by atoms with Crippen molar-refractivity contribution in [2.75, 3.05) is 12.5 Å². The molecule has 0 amide bonds. The fourth-order valence-corrected chi connectivity index (χ4v) is 3.77. The molecule has 0 aliphatic carbocycles. The van der Waals surface area contributed by atoms with Gasteiger partial charge >= 0.3 is 0 Å². The van der Waals surface area contributed by atoms with E-state index < -0.39 is 0 Å². The number of hydrogen-bond acceptors (Lipinski definition) is 6. The number of halogens is 3. The number of hydrazone groups is 1. The highest BCUT2D eigenvalue weighted by Gasteiger charge is 2.11. The molecule has 1 heterocycles. The van der Waals surface area contributed by atoms with E-state index in [0.29, 0.717) is 33.8 Å². The van der Waals surface area contributed by atoms with Gasteiger partial charge in [0.1, 0.15) is 24.0 Å². The minimum atomic E-state index is 0.268. The highest BCUT2D eigenvalue weighted by Crippen LogP contribution is 2.26. The molecular weight excluding hydrogens is 515 g/mol. The van der Waals surface area contributed by atoms with Gasteiger partial charge in [0.15, 0.2) is 5.82 Å². The van der Waals surface area contributed by atoms with E-state index in [1.54, 1.807) is 25.5 Å². The summed E-state index contributed by atoms with van der Waals surface area (Å²) in [6.45, 7) is 2.42. The first-order valence-corrected chi connectivity index (χ1v) is 11.0. The van der Waals surface area contributed by atoms with Crippen LogP contribution in [0.2, 0.25) is 10.0 Å². The second kappa shape index (κ2) is 11.3. The standard InChI is InChI=1S/C23H19BrCl2N4O2/c1-14-7-17(12-31-2)20(10-27)23(29-14)30-28-11-16-8-18(24)4-6-22(16)32-13-15-3-5-19(25)9-21(15)26/h3-9,11H,12-13H2,1-2H3,(H,29,30)/b28-11+. The molecular formula is C23H19BrCl2N4O2. The van der Waals surface area contributed by atoms with Crippen molar-refractivity contribution >= 4 is 51.2 Å². The van der Waals surface area contributed by atoms with Crippen LogP contribution in [0.5, 0.6) is 5.75 Å². The van der Waals surface area contributed by atoms with E-state index in [1.165, 1.54) is 0 Å². The number of nitrogens with zero attached hydrogens (tertiary/aromatic N) is 3. The average molecular weight is 534 g/mol. The monoisotopic (exact) mass is 532 g/mol. The maximum absolute atomic E-state index is 9.55. The molecule has 3 aromatic rings. The molecule has 0 aliphatic rings. The zero-order chi connectivity index (χ0) is 23.1. The van der Waals surface area contributed by atoms with Crippen LogP contribution < -0.4 is 10.2 Å². The van der Waals surface area contributed by atoms with Crippen LogP contribution in [0, 0.1) is 18.3 Å². The van der Waals surface area contributed by atoms with Crippen molar-refractivity contribution in [1.29, 1.82) is 5.26 Å². The first-order chi connectivity index (χ1) is 15.4. The zero-order valence-electron chi connectivity index (χ0n) is 17.3. The molecule has 1 N–H and O–H groups in total. The van der Waals surface area contributed by atoms with Gasteiger partial charge in [0.05, 0.1) is 12.8 Å². The number of hydrogen-bond donors (Lipinski definition) is 1. The van der Waals surface area contributed by atoms with Crippen LogP contribution in [0.4, 0.5) is 5.82 Å². The molecule has 0 saturated carbocycles. The van der Waals surface area contributed by atoms with Gasteiger partial charge in [-0.3, -0.25) is 5.43 Å². The van der Waals surface area contributed by atoms with Gasteiger partial charge in [-0.05, 0) is 43.3 Å². The zero-order valence-corrected chi connectivity index (χ0v) is 20.4. The summed E-state index contributed by atoms with van der Waals surface area (Å²) in [6.07, 6.45) is 1.60. The summed E-state index contributed by atoms with van der Waals surface area (Å²) in [5, 5.41) is 14.9. The molecule has 3 rings (SSSR count). The Morgan fingerprint density at radius 2 is 1.97 bits per heavy atom. The number of methoxy groups -OCH3 is 1. The summed E-state index contributed by atoms with van der Waals surface area (Å²) in [7, 11) is 1.58. The molecule has 1 aromatic heterocycles. The van der Waals surface area contributed by atoms with Gasteiger partial charge in [-0.15, -0.1) is 0 Å². The number of benzene rings is 2. The SMILES string of the molecule is COCc1cc(C)nc(N/N=C/c2cc(Br)ccc2OCc2ccc(Cl)cc2Cl)c1C#N. The molecule has 0 atom stereocenters. The Balaban J connectivity index is 1.81. The number of aryl methyl sites for hydroxylation is 1. The predicted molar refractivity (Wildman–Crippen MR) is 131 cm³/mol. The lowest BCUT2D eigenvalue weighted by Crippen LogP contribution is -2.04. The van der Waals surface area contributed by atoms with Crippen LogP contribution in [-0.4, -0.2) is 18.3 Å². The summed E-state index contributed by atoms with van der Waals surface area (Å²) in [4.78, 5) is 4.38. The Hall–Kier alpha value is -2.63. The molecule has 0 fully saturated rings. The van der Waals surface area contributed by atoms with Crippen LogP contribution in [0.1, 0.15) is 27.9 Å². The molecule has 164 valence electrons. The summed E-state index contributed by atoms with van der Waals surface area (Å²) >= 11 is 15.7. The lowest BCUT2D eigenvalue weighted by molar-refractivity contribution is 0.184. The van der Waals surface area contributed by atoms with Crippen LogP contribution in [0.3, 0.4) is 0 Å². The molecule has 0 radical (unpaired) electrons. The minimum absolute atomic E-state index is 0.268. The van der Waals surface area contributed by atoms with Gasteiger partial charge < -0.3 is 9.47 Å². The van der Waals surface area contributed by atoms with Crippen molar-refractivity contribution < 1.29 is 9.47 Å². The van der Waals surface area contributed by atoms with Crippen LogP contribution in [0.15, 0.2) is 52.0 Å². The number of nitriles is 1. The van der Waals surface area contributed by atoms with Crippen molar-refractivity contribution in [3.05, 3.63) is 84.9 Å². The largest absolute Gasteiger partial charge is 0.488 e. The number of pyridine rings is 1. The lowest BCUT2D eigenvalue weighted by Gasteiger charge is -2.11. The van der Waals surface area contributed by atoms with Gasteiger partial charge in [0.2, 0.25) is 0 Å². The number of anilines is 1. The summed E-state index contributed by atoms with van der Waals surface area (Å²) in [5.41, 5.74) is 6.28. The fraction of sp³-hybridized carbons (Fsp3) is 0.174. The van der Waals surface area contributed by atoms with E-state index in [4.69, 9.17) is 32.7 Å². The van der Waals surface area contributed by atoms with Gasteiger partial charge in [-0.2, -0.15) is 10.4 Å². The summed E-state index contributed by atoms with van der Waals surface area (Å²) < 4.78 is 12.0. The Kier molecular flexibility index (Phi) is 8.48. The minimum Gasteiger partial charge on any atom is -0.488 e. The van der Waals surface area contributed by atoms with Crippen molar-refractivity contribution in [3.63, 3.8) is 0 Å². The van der Waals surface area contributed by atoms with Crippen LogP contribution >= 0.6 is 39.1 Å². The molecule has 9 heteroatoms. The van der Waals surface area contributed by atoms with Crippen molar-refractivity contribution in [2.45, 2.75) is 20.1 Å². The highest BCUT2D eigenvalue weighted by molar-refractivity contribution is 9.10. The molecule has 32 heavy (non-hydrogen) atoms.